The number of piperazine rings is 1. The van der Waals surface area contributed by atoms with Crippen molar-refractivity contribution in [3.05, 3.63) is 35.5 Å². The summed E-state index contributed by atoms with van der Waals surface area (Å²) >= 11 is 0. The Labute approximate surface area is 154 Å². The number of pyridine rings is 1. The largest absolute Gasteiger partial charge is 0.475 e. The van der Waals surface area contributed by atoms with E-state index in [4.69, 9.17) is 4.74 Å². The van der Waals surface area contributed by atoms with Gasteiger partial charge in [0.05, 0.1) is 0 Å². The third-order valence-corrected chi connectivity index (χ3v) is 5.36. The van der Waals surface area contributed by atoms with Gasteiger partial charge in [-0.15, -0.1) is 0 Å². The van der Waals surface area contributed by atoms with Crippen LogP contribution in [0.1, 0.15) is 30.9 Å². The molecule has 140 valence electrons. The fourth-order valence-corrected chi connectivity index (χ4v) is 3.86. The molecule has 1 N–H and O–H groups in total. The van der Waals surface area contributed by atoms with Crippen LogP contribution in [0.15, 0.2) is 24.4 Å². The number of hydroxylamine groups is 2. The molecule has 0 amide bonds. The van der Waals surface area contributed by atoms with Gasteiger partial charge in [0.1, 0.15) is 12.2 Å². The quantitative estimate of drug-likeness (QED) is 0.889. The molecule has 2 aliphatic heterocycles. The van der Waals surface area contributed by atoms with E-state index in [1.807, 2.05) is 12.3 Å². The van der Waals surface area contributed by atoms with Gasteiger partial charge in [-0.2, -0.15) is 5.06 Å². The molecule has 2 aromatic rings. The summed E-state index contributed by atoms with van der Waals surface area (Å²) in [6.45, 7) is 8.94. The molecule has 1 fully saturated rings. The summed E-state index contributed by atoms with van der Waals surface area (Å²) in [5, 5.41) is 12.2. The van der Waals surface area contributed by atoms with Crippen molar-refractivity contribution >= 4 is 10.9 Å². The van der Waals surface area contributed by atoms with Crippen molar-refractivity contribution in [2.24, 2.45) is 0 Å². The van der Waals surface area contributed by atoms with Gasteiger partial charge in [0.15, 0.2) is 5.75 Å². The molecule has 4 rings (SSSR count). The predicted molar refractivity (Wildman–Crippen MR) is 101 cm³/mol. The SMILES string of the molecule is CCCCN1COc2c(cc(CN3CCN(O)CC3)c3cccnc23)C1. The van der Waals surface area contributed by atoms with Crippen LogP contribution >= 0.6 is 0 Å². The van der Waals surface area contributed by atoms with Crippen LogP contribution in [0.3, 0.4) is 0 Å². The first-order valence-corrected chi connectivity index (χ1v) is 9.65. The summed E-state index contributed by atoms with van der Waals surface area (Å²) in [7, 11) is 0. The summed E-state index contributed by atoms with van der Waals surface area (Å²) in [6, 6.07) is 6.45. The van der Waals surface area contributed by atoms with Gasteiger partial charge in [-0.1, -0.05) is 19.4 Å². The lowest BCUT2D eigenvalue weighted by Crippen LogP contribution is -2.44. The standard InChI is InChI=1S/C20H28N4O2/c1-2-3-7-23-14-17-12-16(13-22-8-10-24(25)11-9-22)18-5-4-6-21-19(18)20(17)26-15-23/h4-6,12,25H,2-3,7-11,13-15H2,1H3. The molecule has 0 bridgehead atoms. The van der Waals surface area contributed by atoms with E-state index < -0.39 is 0 Å². The van der Waals surface area contributed by atoms with Gasteiger partial charge in [0, 0.05) is 63.0 Å². The molecular weight excluding hydrogens is 328 g/mol. The first-order valence-electron chi connectivity index (χ1n) is 9.65. The van der Waals surface area contributed by atoms with Crippen LogP contribution in [0.5, 0.6) is 5.75 Å². The Kier molecular flexibility index (Phi) is 5.36. The number of hydrogen-bond acceptors (Lipinski definition) is 6. The fourth-order valence-electron chi connectivity index (χ4n) is 3.86. The summed E-state index contributed by atoms with van der Waals surface area (Å²) in [4.78, 5) is 9.41. The van der Waals surface area contributed by atoms with Crippen LogP contribution in [-0.4, -0.2) is 64.5 Å². The van der Waals surface area contributed by atoms with Crippen molar-refractivity contribution in [1.82, 2.24) is 19.8 Å². The van der Waals surface area contributed by atoms with Crippen LogP contribution in [-0.2, 0) is 13.1 Å². The Hall–Kier alpha value is -1.73. The molecule has 0 unspecified atom stereocenters. The van der Waals surface area contributed by atoms with E-state index in [9.17, 15) is 5.21 Å². The second kappa shape index (κ2) is 7.88. The number of aromatic nitrogens is 1. The first kappa shape index (κ1) is 17.7. The number of nitrogens with zero attached hydrogens (tertiary/aromatic N) is 4. The Bertz CT molecular complexity index is 759. The van der Waals surface area contributed by atoms with Crippen LogP contribution in [0, 0.1) is 0 Å². The van der Waals surface area contributed by atoms with Crippen molar-refractivity contribution in [3.63, 3.8) is 0 Å². The van der Waals surface area contributed by atoms with E-state index in [2.05, 4.69) is 33.8 Å². The second-order valence-electron chi connectivity index (χ2n) is 7.33. The van der Waals surface area contributed by atoms with E-state index in [-0.39, 0.29) is 0 Å². The van der Waals surface area contributed by atoms with Gasteiger partial charge in [0.2, 0.25) is 0 Å². The number of hydrogen-bond donors (Lipinski definition) is 1. The topological polar surface area (TPSA) is 52.1 Å². The molecule has 0 saturated carbocycles. The molecule has 0 atom stereocenters. The van der Waals surface area contributed by atoms with E-state index in [0.29, 0.717) is 19.8 Å². The fraction of sp³-hybridized carbons (Fsp3) is 0.550. The third-order valence-electron chi connectivity index (χ3n) is 5.36. The highest BCUT2D eigenvalue weighted by Crippen LogP contribution is 2.35. The molecule has 26 heavy (non-hydrogen) atoms. The highest BCUT2D eigenvalue weighted by molar-refractivity contribution is 5.89. The molecular formula is C20H28N4O2. The minimum Gasteiger partial charge on any atom is -0.475 e. The van der Waals surface area contributed by atoms with E-state index in [0.717, 1.165) is 44.0 Å². The molecule has 3 heterocycles. The van der Waals surface area contributed by atoms with Crippen molar-refractivity contribution in [2.75, 3.05) is 39.5 Å². The number of unbranched alkanes of at least 4 members (excludes halogenated alkanes) is 1. The van der Waals surface area contributed by atoms with Crippen LogP contribution in [0.4, 0.5) is 0 Å². The molecule has 1 saturated heterocycles. The highest BCUT2D eigenvalue weighted by Gasteiger charge is 2.23. The second-order valence-corrected chi connectivity index (χ2v) is 7.33. The Morgan fingerprint density at radius 2 is 2.04 bits per heavy atom. The molecule has 1 aromatic heterocycles. The molecule has 2 aliphatic rings. The minimum atomic E-state index is 0.649. The van der Waals surface area contributed by atoms with Crippen molar-refractivity contribution in [2.45, 2.75) is 32.9 Å². The minimum absolute atomic E-state index is 0.649. The average Bonchev–Trinajstić information content (AvgIpc) is 2.68. The molecule has 6 nitrogen and oxygen atoms in total. The molecule has 1 aromatic carbocycles. The summed E-state index contributed by atoms with van der Waals surface area (Å²) in [5.74, 6) is 0.956. The van der Waals surface area contributed by atoms with Gasteiger partial charge in [0.25, 0.3) is 0 Å². The average molecular weight is 356 g/mol. The summed E-state index contributed by atoms with van der Waals surface area (Å²) < 4.78 is 6.12. The molecule has 0 spiro atoms. The van der Waals surface area contributed by atoms with Gasteiger partial charge in [-0.05, 0) is 24.1 Å². The lowest BCUT2D eigenvalue weighted by atomic mass is 10.0. The Morgan fingerprint density at radius 1 is 1.19 bits per heavy atom. The lowest BCUT2D eigenvalue weighted by Gasteiger charge is -2.33. The zero-order chi connectivity index (χ0) is 17.9. The van der Waals surface area contributed by atoms with E-state index in [1.165, 1.54) is 34.4 Å². The van der Waals surface area contributed by atoms with Crippen molar-refractivity contribution in [3.8, 4) is 5.75 Å². The Morgan fingerprint density at radius 3 is 2.85 bits per heavy atom. The van der Waals surface area contributed by atoms with E-state index in [1.54, 1.807) is 0 Å². The molecule has 0 radical (unpaired) electrons. The first-order chi connectivity index (χ1) is 12.7. The van der Waals surface area contributed by atoms with Crippen molar-refractivity contribution in [1.29, 1.82) is 0 Å². The maximum absolute atomic E-state index is 9.60. The van der Waals surface area contributed by atoms with Crippen LogP contribution in [0.2, 0.25) is 0 Å². The zero-order valence-corrected chi connectivity index (χ0v) is 15.5. The summed E-state index contributed by atoms with van der Waals surface area (Å²) in [6.07, 6.45) is 4.25. The smallest absolute Gasteiger partial charge is 0.152 e. The summed E-state index contributed by atoms with van der Waals surface area (Å²) in [5.41, 5.74) is 3.53. The van der Waals surface area contributed by atoms with E-state index >= 15 is 0 Å². The molecule has 0 aliphatic carbocycles. The molecule has 6 heteroatoms. The van der Waals surface area contributed by atoms with Gasteiger partial charge >= 0.3 is 0 Å². The maximum atomic E-state index is 9.60. The van der Waals surface area contributed by atoms with Gasteiger partial charge in [-0.3, -0.25) is 14.8 Å². The number of benzene rings is 1. The third kappa shape index (κ3) is 3.69. The van der Waals surface area contributed by atoms with Crippen LogP contribution < -0.4 is 4.74 Å². The number of ether oxygens (including phenoxy) is 1. The van der Waals surface area contributed by atoms with Crippen molar-refractivity contribution < 1.29 is 9.94 Å². The Balaban J connectivity index is 1.63. The monoisotopic (exact) mass is 356 g/mol. The predicted octanol–water partition coefficient (Wildman–Crippen LogP) is 2.69. The number of rotatable bonds is 5. The maximum Gasteiger partial charge on any atom is 0.152 e. The zero-order valence-electron chi connectivity index (χ0n) is 15.5. The number of fused-ring (bicyclic) bond motifs is 3. The van der Waals surface area contributed by atoms with Gasteiger partial charge in [-0.25, -0.2) is 0 Å². The lowest BCUT2D eigenvalue weighted by molar-refractivity contribution is -0.118. The highest BCUT2D eigenvalue weighted by atomic mass is 16.5. The van der Waals surface area contributed by atoms with Gasteiger partial charge < -0.3 is 9.94 Å². The van der Waals surface area contributed by atoms with Crippen LogP contribution in [0.25, 0.3) is 10.9 Å². The normalized spacial score (nSPS) is 19.5.